The van der Waals surface area contributed by atoms with Crippen LogP contribution >= 0.6 is 0 Å². The third-order valence-electron chi connectivity index (χ3n) is 4.94. The van der Waals surface area contributed by atoms with Crippen LogP contribution in [-0.2, 0) is 15.1 Å². The lowest BCUT2D eigenvalue weighted by Crippen LogP contribution is -2.43. The zero-order chi connectivity index (χ0) is 15.2. The van der Waals surface area contributed by atoms with Crippen LogP contribution in [0, 0.1) is 0 Å². The molecular formula is C19H19NO2. The number of nitrogens with zero attached hydrogens (tertiary/aromatic N) is 1. The van der Waals surface area contributed by atoms with Crippen LogP contribution in [0.25, 0.3) is 0 Å². The van der Waals surface area contributed by atoms with Crippen molar-refractivity contribution in [3.05, 3.63) is 71.8 Å². The molecule has 112 valence electrons. The molecule has 0 bridgehead atoms. The molecule has 2 aliphatic heterocycles. The van der Waals surface area contributed by atoms with Gasteiger partial charge in [-0.3, -0.25) is 4.79 Å². The molecule has 0 saturated carbocycles. The van der Waals surface area contributed by atoms with Crippen molar-refractivity contribution in [1.29, 1.82) is 0 Å². The van der Waals surface area contributed by atoms with Gasteiger partial charge in [-0.15, -0.1) is 0 Å². The molecule has 2 saturated heterocycles. The molecule has 0 radical (unpaired) electrons. The van der Waals surface area contributed by atoms with Gasteiger partial charge in [-0.05, 0) is 18.1 Å². The van der Waals surface area contributed by atoms with Crippen LogP contribution in [0.1, 0.15) is 30.9 Å². The Kier molecular flexibility index (Phi) is 3.05. The van der Waals surface area contributed by atoms with Gasteiger partial charge in [0.1, 0.15) is 11.8 Å². The summed E-state index contributed by atoms with van der Waals surface area (Å²) < 4.78 is 6.53. The molecule has 2 atom stereocenters. The van der Waals surface area contributed by atoms with Crippen molar-refractivity contribution >= 4 is 5.91 Å². The zero-order valence-electron chi connectivity index (χ0n) is 12.6. The third kappa shape index (κ3) is 1.75. The Balaban J connectivity index is 1.90. The van der Waals surface area contributed by atoms with E-state index in [1.165, 1.54) is 0 Å². The van der Waals surface area contributed by atoms with Gasteiger partial charge in [0, 0.05) is 12.8 Å². The van der Waals surface area contributed by atoms with Gasteiger partial charge < -0.3 is 9.64 Å². The molecular weight excluding hydrogens is 274 g/mol. The van der Waals surface area contributed by atoms with Crippen LogP contribution in [0.2, 0.25) is 0 Å². The SMILES string of the molecule is C[C@@H]1N2C(=O)CCC2OC1(c1ccccc1)c1ccccc1. The molecule has 4 rings (SSSR count). The van der Waals surface area contributed by atoms with Gasteiger partial charge in [-0.25, -0.2) is 0 Å². The highest BCUT2D eigenvalue weighted by molar-refractivity contribution is 5.79. The molecule has 2 aromatic carbocycles. The first kappa shape index (κ1) is 13.5. The smallest absolute Gasteiger partial charge is 0.225 e. The molecule has 2 fully saturated rings. The summed E-state index contributed by atoms with van der Waals surface area (Å²) in [5.74, 6) is 0.200. The van der Waals surface area contributed by atoms with Crippen LogP contribution in [0.15, 0.2) is 60.7 Å². The first-order chi connectivity index (χ1) is 10.7. The van der Waals surface area contributed by atoms with Gasteiger partial charge in [-0.1, -0.05) is 60.7 Å². The number of ether oxygens (including phenoxy) is 1. The molecule has 3 heteroatoms. The highest BCUT2D eigenvalue weighted by Gasteiger charge is 2.56. The largest absolute Gasteiger partial charge is 0.340 e. The summed E-state index contributed by atoms with van der Waals surface area (Å²) in [6.07, 6.45) is 1.27. The monoisotopic (exact) mass is 293 g/mol. The minimum Gasteiger partial charge on any atom is -0.340 e. The van der Waals surface area contributed by atoms with Crippen molar-refractivity contribution in [1.82, 2.24) is 4.90 Å². The van der Waals surface area contributed by atoms with Crippen molar-refractivity contribution < 1.29 is 9.53 Å². The molecule has 0 aromatic heterocycles. The number of hydrogen-bond acceptors (Lipinski definition) is 2. The number of amides is 1. The lowest BCUT2D eigenvalue weighted by molar-refractivity contribution is -0.130. The molecule has 3 nitrogen and oxygen atoms in total. The predicted octanol–water partition coefficient (Wildman–Crippen LogP) is 3.30. The Hall–Kier alpha value is -2.13. The summed E-state index contributed by atoms with van der Waals surface area (Å²) in [4.78, 5) is 14.2. The normalized spacial score (nSPS) is 26.2. The fraction of sp³-hybridized carbons (Fsp3) is 0.316. The van der Waals surface area contributed by atoms with Gasteiger partial charge in [0.15, 0.2) is 0 Å². The number of carbonyl (C=O) groups excluding carboxylic acids is 1. The molecule has 2 aliphatic rings. The Labute approximate surface area is 130 Å². The summed E-state index contributed by atoms with van der Waals surface area (Å²) in [5.41, 5.74) is 1.63. The van der Waals surface area contributed by atoms with Gasteiger partial charge >= 0.3 is 0 Å². The van der Waals surface area contributed by atoms with E-state index in [1.54, 1.807) is 0 Å². The maximum Gasteiger partial charge on any atom is 0.225 e. The fourth-order valence-electron chi connectivity index (χ4n) is 3.92. The second-order valence-electron chi connectivity index (χ2n) is 6.06. The Bertz CT molecular complexity index is 644. The Morgan fingerprint density at radius 1 is 1.00 bits per heavy atom. The van der Waals surface area contributed by atoms with Gasteiger partial charge in [0.05, 0.1) is 6.04 Å². The van der Waals surface area contributed by atoms with Crippen molar-refractivity contribution in [3.63, 3.8) is 0 Å². The van der Waals surface area contributed by atoms with E-state index in [1.807, 2.05) is 41.3 Å². The van der Waals surface area contributed by atoms with Gasteiger partial charge in [0.2, 0.25) is 5.91 Å². The number of carbonyl (C=O) groups is 1. The fourth-order valence-corrected chi connectivity index (χ4v) is 3.92. The average Bonchev–Trinajstić information content (AvgIpc) is 3.08. The maximum absolute atomic E-state index is 12.3. The van der Waals surface area contributed by atoms with E-state index in [2.05, 4.69) is 31.2 Å². The zero-order valence-corrected chi connectivity index (χ0v) is 12.6. The van der Waals surface area contributed by atoms with E-state index in [4.69, 9.17) is 4.74 Å². The molecule has 22 heavy (non-hydrogen) atoms. The summed E-state index contributed by atoms with van der Waals surface area (Å²) in [5, 5.41) is 0. The summed E-state index contributed by atoms with van der Waals surface area (Å²) in [6, 6.07) is 20.5. The van der Waals surface area contributed by atoms with Gasteiger partial charge in [-0.2, -0.15) is 0 Å². The van der Waals surface area contributed by atoms with Crippen LogP contribution in [-0.4, -0.2) is 23.1 Å². The summed E-state index contributed by atoms with van der Waals surface area (Å²) in [6.45, 7) is 2.10. The second kappa shape index (κ2) is 4.96. The highest BCUT2D eigenvalue weighted by Crippen LogP contribution is 2.48. The van der Waals surface area contributed by atoms with E-state index in [0.29, 0.717) is 6.42 Å². The number of benzene rings is 2. The molecule has 1 unspecified atom stereocenters. The number of fused-ring (bicyclic) bond motifs is 1. The van der Waals surface area contributed by atoms with Crippen LogP contribution in [0.5, 0.6) is 0 Å². The van der Waals surface area contributed by atoms with Crippen molar-refractivity contribution in [2.24, 2.45) is 0 Å². The topological polar surface area (TPSA) is 29.5 Å². The number of rotatable bonds is 2. The van der Waals surface area contributed by atoms with E-state index in [9.17, 15) is 4.79 Å². The van der Waals surface area contributed by atoms with Crippen molar-refractivity contribution in [2.75, 3.05) is 0 Å². The van der Waals surface area contributed by atoms with E-state index in [-0.39, 0.29) is 18.2 Å². The standard InChI is InChI=1S/C19H19NO2/c1-14-19(15-8-4-2-5-9-15,16-10-6-3-7-11-16)22-18-13-12-17(21)20(14)18/h2-11,14,18H,12-13H2,1H3/t14-,18?/m0/s1. The molecule has 2 heterocycles. The molecule has 0 N–H and O–H groups in total. The first-order valence-corrected chi connectivity index (χ1v) is 7.83. The third-order valence-corrected chi connectivity index (χ3v) is 4.94. The predicted molar refractivity (Wildman–Crippen MR) is 84.1 cm³/mol. The lowest BCUT2D eigenvalue weighted by Gasteiger charge is -2.35. The highest BCUT2D eigenvalue weighted by atomic mass is 16.5. The minimum atomic E-state index is -0.580. The van der Waals surface area contributed by atoms with Crippen LogP contribution in [0.3, 0.4) is 0 Å². The van der Waals surface area contributed by atoms with Crippen LogP contribution < -0.4 is 0 Å². The van der Waals surface area contributed by atoms with Crippen molar-refractivity contribution in [2.45, 2.75) is 37.6 Å². The molecule has 0 spiro atoms. The Morgan fingerprint density at radius 3 is 2.05 bits per heavy atom. The minimum absolute atomic E-state index is 0.0164. The lowest BCUT2D eigenvalue weighted by atomic mass is 9.81. The van der Waals surface area contributed by atoms with Gasteiger partial charge in [0.25, 0.3) is 0 Å². The van der Waals surface area contributed by atoms with E-state index < -0.39 is 5.60 Å². The quantitative estimate of drug-likeness (QED) is 0.850. The number of hydrogen-bond donors (Lipinski definition) is 0. The maximum atomic E-state index is 12.3. The first-order valence-electron chi connectivity index (χ1n) is 7.83. The summed E-state index contributed by atoms with van der Waals surface area (Å²) >= 11 is 0. The van der Waals surface area contributed by atoms with Crippen LogP contribution in [0.4, 0.5) is 0 Å². The second-order valence-corrected chi connectivity index (χ2v) is 6.06. The molecule has 2 aromatic rings. The summed E-state index contributed by atoms with van der Waals surface area (Å²) in [7, 11) is 0. The van der Waals surface area contributed by atoms with E-state index in [0.717, 1.165) is 17.5 Å². The Morgan fingerprint density at radius 2 is 1.55 bits per heavy atom. The molecule has 1 amide bonds. The van der Waals surface area contributed by atoms with Crippen molar-refractivity contribution in [3.8, 4) is 0 Å². The average molecular weight is 293 g/mol. The molecule has 0 aliphatic carbocycles. The van der Waals surface area contributed by atoms with E-state index >= 15 is 0 Å².